The molecule has 25 heavy (non-hydrogen) atoms. The van der Waals surface area contributed by atoms with E-state index in [2.05, 4.69) is 67.8 Å². The van der Waals surface area contributed by atoms with Gasteiger partial charge in [0.2, 0.25) is 0 Å². The van der Waals surface area contributed by atoms with Crippen molar-refractivity contribution < 1.29 is 4.52 Å². The summed E-state index contributed by atoms with van der Waals surface area (Å²) in [6.07, 6.45) is 1.70. The second-order valence-electron chi connectivity index (χ2n) is 6.13. The highest BCUT2D eigenvalue weighted by Crippen LogP contribution is 2.17. The van der Waals surface area contributed by atoms with Crippen LogP contribution in [0.3, 0.4) is 0 Å². The molecule has 0 saturated carbocycles. The maximum Gasteiger partial charge on any atom is 0.191 e. The number of nitrogens with one attached hydrogen (secondary N) is 2. The molecular weight excluding hydrogens is 312 g/mol. The molecule has 1 aromatic carbocycles. The molecule has 0 saturated heterocycles. The lowest BCUT2D eigenvalue weighted by atomic mass is 10.0. The second kappa shape index (κ2) is 9.87. The molecule has 5 heteroatoms. The number of aliphatic imine (C=N–C) groups is 1. The van der Waals surface area contributed by atoms with Crippen LogP contribution in [0.25, 0.3) is 0 Å². The van der Waals surface area contributed by atoms with Crippen LogP contribution < -0.4 is 10.6 Å². The fourth-order valence-electron chi connectivity index (χ4n) is 2.77. The van der Waals surface area contributed by atoms with Crippen molar-refractivity contribution in [2.45, 2.75) is 53.0 Å². The number of nitrogens with zero attached hydrogens (tertiary/aromatic N) is 2. The van der Waals surface area contributed by atoms with E-state index < -0.39 is 0 Å². The SMILES string of the molecule is CCNC(=NCc1c(CC)noc1CC)NCC(C)c1ccccc1. The van der Waals surface area contributed by atoms with Crippen molar-refractivity contribution in [2.75, 3.05) is 13.1 Å². The Kier molecular flexibility index (Phi) is 7.51. The van der Waals surface area contributed by atoms with Crippen LogP contribution in [0.15, 0.2) is 39.8 Å². The zero-order valence-electron chi connectivity index (χ0n) is 15.8. The number of hydrogen-bond acceptors (Lipinski definition) is 3. The van der Waals surface area contributed by atoms with E-state index in [1.807, 2.05) is 6.07 Å². The van der Waals surface area contributed by atoms with Crippen LogP contribution in [-0.4, -0.2) is 24.2 Å². The average Bonchev–Trinajstić information content (AvgIpc) is 3.06. The highest BCUT2D eigenvalue weighted by atomic mass is 16.5. The maximum atomic E-state index is 5.42. The van der Waals surface area contributed by atoms with E-state index in [0.717, 1.165) is 48.9 Å². The van der Waals surface area contributed by atoms with E-state index in [1.54, 1.807) is 0 Å². The van der Waals surface area contributed by atoms with Crippen molar-refractivity contribution in [1.29, 1.82) is 0 Å². The lowest BCUT2D eigenvalue weighted by molar-refractivity contribution is 0.380. The molecule has 1 heterocycles. The van der Waals surface area contributed by atoms with Gasteiger partial charge in [-0.3, -0.25) is 0 Å². The van der Waals surface area contributed by atoms with Gasteiger partial charge in [0.1, 0.15) is 5.76 Å². The predicted molar refractivity (Wildman–Crippen MR) is 103 cm³/mol. The van der Waals surface area contributed by atoms with Crippen LogP contribution in [0.1, 0.15) is 56.2 Å². The maximum absolute atomic E-state index is 5.42. The molecule has 0 aliphatic heterocycles. The molecule has 0 aliphatic rings. The third kappa shape index (κ3) is 5.34. The first-order valence-electron chi connectivity index (χ1n) is 9.22. The Morgan fingerprint density at radius 1 is 1.12 bits per heavy atom. The van der Waals surface area contributed by atoms with Gasteiger partial charge < -0.3 is 15.2 Å². The molecule has 0 spiro atoms. The van der Waals surface area contributed by atoms with Crippen molar-refractivity contribution in [1.82, 2.24) is 15.8 Å². The van der Waals surface area contributed by atoms with Gasteiger partial charge in [-0.05, 0) is 24.8 Å². The summed E-state index contributed by atoms with van der Waals surface area (Å²) >= 11 is 0. The lowest BCUT2D eigenvalue weighted by Crippen LogP contribution is -2.39. The number of aromatic nitrogens is 1. The molecule has 5 nitrogen and oxygen atoms in total. The topological polar surface area (TPSA) is 62.5 Å². The molecule has 2 aromatic rings. The minimum Gasteiger partial charge on any atom is -0.361 e. The van der Waals surface area contributed by atoms with Crippen LogP contribution >= 0.6 is 0 Å². The van der Waals surface area contributed by atoms with E-state index in [4.69, 9.17) is 9.52 Å². The third-order valence-corrected chi connectivity index (χ3v) is 4.29. The monoisotopic (exact) mass is 342 g/mol. The quantitative estimate of drug-likeness (QED) is 0.568. The Balaban J connectivity index is 2.02. The molecule has 0 fully saturated rings. The minimum atomic E-state index is 0.415. The van der Waals surface area contributed by atoms with Gasteiger partial charge in [-0.2, -0.15) is 0 Å². The first kappa shape index (κ1) is 19.0. The lowest BCUT2D eigenvalue weighted by Gasteiger charge is -2.16. The highest BCUT2D eigenvalue weighted by Gasteiger charge is 2.13. The largest absolute Gasteiger partial charge is 0.361 e. The Morgan fingerprint density at radius 3 is 2.52 bits per heavy atom. The van der Waals surface area contributed by atoms with Crippen LogP contribution in [0, 0.1) is 0 Å². The van der Waals surface area contributed by atoms with E-state index in [9.17, 15) is 0 Å². The summed E-state index contributed by atoms with van der Waals surface area (Å²) in [6, 6.07) is 10.5. The van der Waals surface area contributed by atoms with Crippen LogP contribution in [0.5, 0.6) is 0 Å². The van der Waals surface area contributed by atoms with Crippen molar-refractivity contribution in [3.8, 4) is 0 Å². The summed E-state index contributed by atoms with van der Waals surface area (Å²) in [5.41, 5.74) is 3.46. The van der Waals surface area contributed by atoms with E-state index in [-0.39, 0.29) is 0 Å². The van der Waals surface area contributed by atoms with Crippen LogP contribution in [0.4, 0.5) is 0 Å². The molecule has 136 valence electrons. The van der Waals surface area contributed by atoms with Gasteiger partial charge in [0.05, 0.1) is 12.2 Å². The summed E-state index contributed by atoms with van der Waals surface area (Å²) in [6.45, 7) is 10.7. The first-order chi connectivity index (χ1) is 12.2. The zero-order chi connectivity index (χ0) is 18.1. The second-order valence-corrected chi connectivity index (χ2v) is 6.13. The van der Waals surface area contributed by atoms with E-state index in [0.29, 0.717) is 12.5 Å². The Bertz CT molecular complexity index is 642. The van der Waals surface area contributed by atoms with Gasteiger partial charge >= 0.3 is 0 Å². The normalized spacial score (nSPS) is 12.9. The number of guanidine groups is 1. The predicted octanol–water partition coefficient (Wildman–Crippen LogP) is 3.66. The van der Waals surface area contributed by atoms with E-state index in [1.165, 1.54) is 5.56 Å². The van der Waals surface area contributed by atoms with Crippen LogP contribution in [-0.2, 0) is 19.4 Å². The van der Waals surface area contributed by atoms with Gasteiger partial charge in [-0.1, -0.05) is 56.3 Å². The van der Waals surface area contributed by atoms with Gasteiger partial charge in [0, 0.05) is 25.1 Å². The summed E-state index contributed by atoms with van der Waals surface area (Å²) in [7, 11) is 0. The number of hydrogen-bond donors (Lipinski definition) is 2. The molecular formula is C20H30N4O. The summed E-state index contributed by atoms with van der Waals surface area (Å²) in [5.74, 6) is 2.18. The fraction of sp³-hybridized carbons (Fsp3) is 0.500. The molecule has 1 atom stereocenters. The van der Waals surface area contributed by atoms with E-state index >= 15 is 0 Å². The molecule has 0 aliphatic carbocycles. The minimum absolute atomic E-state index is 0.415. The standard InChI is InChI=1S/C20H30N4O/c1-5-18-17(19(6-2)25-24-18)14-23-20(21-7-3)22-13-15(4)16-11-9-8-10-12-16/h8-12,15H,5-7,13-14H2,1-4H3,(H2,21,22,23). The Morgan fingerprint density at radius 2 is 1.88 bits per heavy atom. The molecule has 0 bridgehead atoms. The molecule has 1 aromatic heterocycles. The highest BCUT2D eigenvalue weighted by molar-refractivity contribution is 5.79. The Labute approximate surface area is 150 Å². The smallest absolute Gasteiger partial charge is 0.191 e. The van der Waals surface area contributed by atoms with Crippen molar-refractivity contribution in [2.24, 2.45) is 4.99 Å². The summed E-state index contributed by atoms with van der Waals surface area (Å²) < 4.78 is 5.42. The van der Waals surface area contributed by atoms with Crippen molar-refractivity contribution >= 4 is 5.96 Å². The summed E-state index contributed by atoms with van der Waals surface area (Å²) in [5, 5.41) is 10.9. The average molecular weight is 342 g/mol. The third-order valence-electron chi connectivity index (χ3n) is 4.29. The number of benzene rings is 1. The van der Waals surface area contributed by atoms with Gasteiger partial charge in [0.25, 0.3) is 0 Å². The van der Waals surface area contributed by atoms with Crippen molar-refractivity contribution in [3.05, 3.63) is 52.9 Å². The fourth-order valence-corrected chi connectivity index (χ4v) is 2.77. The number of rotatable bonds is 8. The molecule has 0 radical (unpaired) electrons. The Hall–Kier alpha value is -2.30. The molecule has 1 unspecified atom stereocenters. The number of aryl methyl sites for hydroxylation is 2. The van der Waals surface area contributed by atoms with Gasteiger partial charge in [-0.25, -0.2) is 4.99 Å². The molecule has 0 amide bonds. The van der Waals surface area contributed by atoms with Gasteiger partial charge in [-0.15, -0.1) is 0 Å². The first-order valence-corrected chi connectivity index (χ1v) is 9.22. The van der Waals surface area contributed by atoms with Crippen LogP contribution in [0.2, 0.25) is 0 Å². The zero-order valence-corrected chi connectivity index (χ0v) is 15.8. The molecule has 2 N–H and O–H groups in total. The molecule has 2 rings (SSSR count). The van der Waals surface area contributed by atoms with Crippen molar-refractivity contribution in [3.63, 3.8) is 0 Å². The van der Waals surface area contributed by atoms with Gasteiger partial charge in [0.15, 0.2) is 5.96 Å². The summed E-state index contributed by atoms with van der Waals surface area (Å²) in [4.78, 5) is 4.73.